The molecule has 2 aromatic rings. The lowest BCUT2D eigenvalue weighted by Gasteiger charge is -1.97. The van der Waals surface area contributed by atoms with Crippen LogP contribution in [0.25, 0.3) is 10.6 Å². The van der Waals surface area contributed by atoms with Gasteiger partial charge in [-0.05, 0) is 12.1 Å². The monoisotopic (exact) mass is 267 g/mol. The summed E-state index contributed by atoms with van der Waals surface area (Å²) >= 11 is 7.33. The highest BCUT2D eigenvalue weighted by Gasteiger charge is 2.05. The number of thiazole rings is 1. The summed E-state index contributed by atoms with van der Waals surface area (Å²) in [7, 11) is 0. The zero-order chi connectivity index (χ0) is 12.3. The van der Waals surface area contributed by atoms with E-state index in [0.717, 1.165) is 16.3 Å². The molecule has 5 heteroatoms. The van der Waals surface area contributed by atoms with Gasteiger partial charge in [-0.2, -0.15) is 0 Å². The largest absolute Gasteiger partial charge is 0.459 e. The lowest BCUT2D eigenvalue weighted by Crippen LogP contribution is -1.98. The Morgan fingerprint density at radius 1 is 1.41 bits per heavy atom. The van der Waals surface area contributed by atoms with Gasteiger partial charge in [0.1, 0.15) is 11.6 Å². The van der Waals surface area contributed by atoms with Crippen molar-refractivity contribution in [2.45, 2.75) is 13.5 Å². The molecule has 3 nitrogen and oxygen atoms in total. The van der Waals surface area contributed by atoms with Crippen molar-refractivity contribution < 1.29 is 9.53 Å². The van der Waals surface area contributed by atoms with E-state index >= 15 is 0 Å². The molecule has 1 aromatic carbocycles. The van der Waals surface area contributed by atoms with Crippen molar-refractivity contribution in [2.24, 2.45) is 0 Å². The topological polar surface area (TPSA) is 39.2 Å². The van der Waals surface area contributed by atoms with E-state index in [4.69, 9.17) is 16.3 Å². The second kappa shape index (κ2) is 5.29. The summed E-state index contributed by atoms with van der Waals surface area (Å²) in [6, 6.07) is 7.47. The van der Waals surface area contributed by atoms with Gasteiger partial charge < -0.3 is 4.74 Å². The Morgan fingerprint density at radius 2 is 2.12 bits per heavy atom. The molecule has 1 aromatic heterocycles. The molecular weight excluding hydrogens is 258 g/mol. The zero-order valence-corrected chi connectivity index (χ0v) is 10.7. The number of benzene rings is 1. The molecule has 0 unspecified atom stereocenters. The van der Waals surface area contributed by atoms with Crippen LogP contribution in [0.4, 0.5) is 0 Å². The molecule has 0 bridgehead atoms. The van der Waals surface area contributed by atoms with Gasteiger partial charge in [0.05, 0.1) is 5.69 Å². The fraction of sp³-hybridized carbons (Fsp3) is 0.167. The van der Waals surface area contributed by atoms with E-state index in [1.54, 1.807) is 0 Å². The molecule has 17 heavy (non-hydrogen) atoms. The van der Waals surface area contributed by atoms with Gasteiger partial charge in [-0.3, -0.25) is 4.79 Å². The molecule has 0 aliphatic heterocycles. The van der Waals surface area contributed by atoms with Crippen LogP contribution in [0, 0.1) is 0 Å². The van der Waals surface area contributed by atoms with E-state index < -0.39 is 0 Å². The summed E-state index contributed by atoms with van der Waals surface area (Å²) < 4.78 is 4.88. The maximum atomic E-state index is 10.7. The normalized spacial score (nSPS) is 10.2. The maximum absolute atomic E-state index is 10.7. The van der Waals surface area contributed by atoms with Crippen molar-refractivity contribution in [2.75, 3.05) is 0 Å². The van der Waals surface area contributed by atoms with Crippen LogP contribution < -0.4 is 0 Å². The van der Waals surface area contributed by atoms with Gasteiger partial charge in [0.15, 0.2) is 0 Å². The number of esters is 1. The molecule has 1 heterocycles. The molecule has 0 fully saturated rings. The van der Waals surface area contributed by atoms with Crippen molar-refractivity contribution in [3.63, 3.8) is 0 Å². The molecule has 2 rings (SSSR count). The molecule has 88 valence electrons. The van der Waals surface area contributed by atoms with Gasteiger partial charge in [-0.1, -0.05) is 23.7 Å². The first-order valence-electron chi connectivity index (χ1n) is 4.99. The Hall–Kier alpha value is -1.39. The average molecular weight is 268 g/mol. The number of hydrogen-bond acceptors (Lipinski definition) is 4. The first kappa shape index (κ1) is 12.1. The first-order chi connectivity index (χ1) is 8.15. The Bertz CT molecular complexity index is 522. The molecular formula is C12H10ClNO2S. The average Bonchev–Trinajstić information content (AvgIpc) is 2.76. The number of halogens is 1. The van der Waals surface area contributed by atoms with Crippen molar-refractivity contribution in [1.82, 2.24) is 4.98 Å². The summed E-state index contributed by atoms with van der Waals surface area (Å²) in [4.78, 5) is 15.1. The van der Waals surface area contributed by atoms with Gasteiger partial charge in [-0.15, -0.1) is 11.3 Å². The van der Waals surface area contributed by atoms with E-state index in [9.17, 15) is 4.79 Å². The summed E-state index contributed by atoms with van der Waals surface area (Å²) in [5, 5.41) is 3.47. The van der Waals surface area contributed by atoms with E-state index in [-0.39, 0.29) is 12.6 Å². The van der Waals surface area contributed by atoms with Crippen LogP contribution in [0.3, 0.4) is 0 Å². The molecule has 0 aliphatic carbocycles. The number of carbonyl (C=O) groups excluding carboxylic acids is 1. The van der Waals surface area contributed by atoms with Crippen molar-refractivity contribution in [1.29, 1.82) is 0 Å². The minimum atomic E-state index is -0.300. The fourth-order valence-corrected chi connectivity index (χ4v) is 2.21. The number of carbonyl (C=O) groups is 1. The van der Waals surface area contributed by atoms with Gasteiger partial charge >= 0.3 is 5.97 Å². The molecule has 0 amide bonds. The van der Waals surface area contributed by atoms with Gasteiger partial charge in [0.25, 0.3) is 0 Å². The third kappa shape index (κ3) is 3.28. The summed E-state index contributed by atoms with van der Waals surface area (Å²) in [6.07, 6.45) is 0. The molecule has 0 radical (unpaired) electrons. The van der Waals surface area contributed by atoms with Crippen LogP contribution in [0.1, 0.15) is 12.6 Å². The van der Waals surface area contributed by atoms with Crippen molar-refractivity contribution >= 4 is 28.9 Å². The van der Waals surface area contributed by atoms with Crippen LogP contribution in [0.2, 0.25) is 5.02 Å². The maximum Gasteiger partial charge on any atom is 0.303 e. The standard InChI is InChI=1S/C12H10ClNO2S/c1-8(15)16-6-11-7-17-12(14-11)9-2-4-10(13)5-3-9/h2-5,7H,6H2,1H3. The predicted octanol–water partition coefficient (Wildman–Crippen LogP) is 3.53. The van der Waals surface area contributed by atoms with E-state index in [1.807, 2.05) is 29.6 Å². The first-order valence-corrected chi connectivity index (χ1v) is 6.24. The van der Waals surface area contributed by atoms with Crippen LogP contribution in [0.5, 0.6) is 0 Å². The van der Waals surface area contributed by atoms with E-state index in [1.165, 1.54) is 18.3 Å². The summed E-state index contributed by atoms with van der Waals surface area (Å²) in [5.41, 5.74) is 1.77. The number of nitrogens with zero attached hydrogens (tertiary/aromatic N) is 1. The van der Waals surface area contributed by atoms with Gasteiger partial charge in [-0.25, -0.2) is 4.98 Å². The van der Waals surface area contributed by atoms with Gasteiger partial charge in [0.2, 0.25) is 0 Å². The molecule has 0 atom stereocenters. The molecule has 0 aliphatic rings. The summed E-state index contributed by atoms with van der Waals surface area (Å²) in [5.74, 6) is -0.300. The third-order valence-corrected chi connectivity index (χ3v) is 3.26. The number of aromatic nitrogens is 1. The van der Waals surface area contributed by atoms with Crippen LogP contribution in [-0.4, -0.2) is 11.0 Å². The lowest BCUT2D eigenvalue weighted by molar-refractivity contribution is -0.142. The minimum absolute atomic E-state index is 0.222. The highest BCUT2D eigenvalue weighted by Crippen LogP contribution is 2.25. The smallest absolute Gasteiger partial charge is 0.303 e. The Morgan fingerprint density at radius 3 is 2.76 bits per heavy atom. The van der Waals surface area contributed by atoms with Crippen LogP contribution in [0.15, 0.2) is 29.6 Å². The summed E-state index contributed by atoms with van der Waals surface area (Å²) in [6.45, 7) is 1.60. The Labute approximate surface area is 108 Å². The predicted molar refractivity (Wildman–Crippen MR) is 68.0 cm³/mol. The quantitative estimate of drug-likeness (QED) is 0.799. The Kier molecular flexibility index (Phi) is 3.76. The SMILES string of the molecule is CC(=O)OCc1csc(-c2ccc(Cl)cc2)n1. The Balaban J connectivity index is 2.12. The third-order valence-electron chi connectivity index (χ3n) is 2.07. The molecule has 0 N–H and O–H groups in total. The second-order valence-corrected chi connectivity index (χ2v) is 4.73. The number of hydrogen-bond donors (Lipinski definition) is 0. The fourth-order valence-electron chi connectivity index (χ4n) is 1.27. The molecule has 0 saturated carbocycles. The van der Waals surface area contributed by atoms with Crippen molar-refractivity contribution in [3.05, 3.63) is 40.4 Å². The van der Waals surface area contributed by atoms with E-state index in [2.05, 4.69) is 4.98 Å². The van der Waals surface area contributed by atoms with Gasteiger partial charge in [0, 0.05) is 22.9 Å². The number of ether oxygens (including phenoxy) is 1. The van der Waals surface area contributed by atoms with Crippen molar-refractivity contribution in [3.8, 4) is 10.6 Å². The number of rotatable bonds is 3. The highest BCUT2D eigenvalue weighted by molar-refractivity contribution is 7.13. The molecule has 0 spiro atoms. The van der Waals surface area contributed by atoms with Crippen LogP contribution >= 0.6 is 22.9 Å². The second-order valence-electron chi connectivity index (χ2n) is 3.43. The zero-order valence-electron chi connectivity index (χ0n) is 9.14. The highest BCUT2D eigenvalue weighted by atomic mass is 35.5. The van der Waals surface area contributed by atoms with E-state index in [0.29, 0.717) is 5.02 Å². The minimum Gasteiger partial charge on any atom is -0.459 e. The lowest BCUT2D eigenvalue weighted by atomic mass is 10.2. The van der Waals surface area contributed by atoms with Crippen LogP contribution in [-0.2, 0) is 16.1 Å². The molecule has 0 saturated heterocycles.